The van der Waals surface area contributed by atoms with Crippen LogP contribution < -0.4 is 0 Å². The molecule has 25 heavy (non-hydrogen) atoms. The molecule has 1 heterocycles. The minimum atomic E-state index is -1.24. The highest BCUT2D eigenvalue weighted by atomic mass is 16.6. The molecule has 0 amide bonds. The lowest BCUT2D eigenvalue weighted by molar-refractivity contribution is -0.160. The predicted molar refractivity (Wildman–Crippen MR) is 89.3 cm³/mol. The van der Waals surface area contributed by atoms with Gasteiger partial charge in [0.05, 0.1) is 6.42 Å². The van der Waals surface area contributed by atoms with E-state index >= 15 is 0 Å². The molecular weight excluding hydrogens is 328 g/mol. The average Bonchev–Trinajstić information content (AvgIpc) is 2.51. The van der Waals surface area contributed by atoms with Crippen LogP contribution in [0.1, 0.15) is 33.6 Å². The molecule has 4 unspecified atom stereocenters. The van der Waals surface area contributed by atoms with Gasteiger partial charge in [0.25, 0.3) is 0 Å². The average molecular weight is 352 g/mol. The van der Waals surface area contributed by atoms with E-state index in [2.05, 4.69) is 0 Å². The Bertz CT molecular complexity index is 562. The smallest absolute Gasteiger partial charge is 0.331 e. The van der Waals surface area contributed by atoms with Crippen molar-refractivity contribution in [2.45, 2.75) is 58.0 Å². The van der Waals surface area contributed by atoms with E-state index in [1.54, 1.807) is 26.8 Å². The zero-order valence-electron chi connectivity index (χ0n) is 14.6. The molecule has 0 aromatic carbocycles. The number of hydrogen-bond acceptors (Lipinski definition) is 7. The molecular formula is C18H24O7. The van der Waals surface area contributed by atoms with Crippen molar-refractivity contribution in [3.05, 3.63) is 36.5 Å². The standard InChI is InChI=1S/C18H24O7/c1-4-6-16(20)24-13-8-9-14(19)15(25-17(21)7-5-2)11-18(22)23-12(3)10-13/h4-9,12-15,19H,10-11H2,1-3H3. The van der Waals surface area contributed by atoms with Gasteiger partial charge in [0.1, 0.15) is 24.4 Å². The van der Waals surface area contributed by atoms with E-state index in [4.69, 9.17) is 14.2 Å². The van der Waals surface area contributed by atoms with Crippen molar-refractivity contribution in [3.63, 3.8) is 0 Å². The molecule has 0 saturated heterocycles. The van der Waals surface area contributed by atoms with Crippen LogP contribution in [0, 0.1) is 0 Å². The summed E-state index contributed by atoms with van der Waals surface area (Å²) in [4.78, 5) is 35.1. The first kappa shape index (κ1) is 20.6. The molecule has 7 nitrogen and oxygen atoms in total. The number of aliphatic hydroxyl groups excluding tert-OH is 1. The lowest BCUT2D eigenvalue weighted by Gasteiger charge is -2.24. The van der Waals surface area contributed by atoms with Crippen LogP contribution in [-0.4, -0.2) is 47.4 Å². The van der Waals surface area contributed by atoms with Gasteiger partial charge in [-0.25, -0.2) is 9.59 Å². The Morgan fingerprint density at radius 1 is 1.16 bits per heavy atom. The second-order valence-corrected chi connectivity index (χ2v) is 5.57. The predicted octanol–water partition coefficient (Wildman–Crippen LogP) is 1.60. The van der Waals surface area contributed by atoms with E-state index in [0.717, 1.165) is 0 Å². The molecule has 4 atom stereocenters. The first-order chi connectivity index (χ1) is 11.8. The van der Waals surface area contributed by atoms with Crippen LogP contribution in [0.25, 0.3) is 0 Å². The van der Waals surface area contributed by atoms with Crippen LogP contribution in [0.4, 0.5) is 0 Å². The molecule has 1 N–H and O–H groups in total. The maximum absolute atomic E-state index is 12.0. The molecule has 7 heteroatoms. The van der Waals surface area contributed by atoms with Crippen molar-refractivity contribution in [2.75, 3.05) is 0 Å². The summed E-state index contributed by atoms with van der Waals surface area (Å²) in [6.45, 7) is 4.99. The van der Waals surface area contributed by atoms with Crippen molar-refractivity contribution in [3.8, 4) is 0 Å². The number of esters is 3. The van der Waals surface area contributed by atoms with Gasteiger partial charge in [-0.05, 0) is 26.8 Å². The lowest BCUT2D eigenvalue weighted by atomic mass is 10.1. The van der Waals surface area contributed by atoms with E-state index in [1.807, 2.05) is 0 Å². The highest BCUT2D eigenvalue weighted by Crippen LogP contribution is 2.16. The van der Waals surface area contributed by atoms with Crippen LogP contribution in [0.2, 0.25) is 0 Å². The fraction of sp³-hybridized carbons (Fsp3) is 0.500. The fourth-order valence-corrected chi connectivity index (χ4v) is 2.22. The zero-order valence-corrected chi connectivity index (χ0v) is 14.6. The van der Waals surface area contributed by atoms with Gasteiger partial charge in [0.15, 0.2) is 0 Å². The highest BCUT2D eigenvalue weighted by Gasteiger charge is 2.28. The van der Waals surface area contributed by atoms with Gasteiger partial charge in [-0.3, -0.25) is 4.79 Å². The Morgan fingerprint density at radius 3 is 2.36 bits per heavy atom. The third kappa shape index (κ3) is 7.80. The normalized spacial score (nSPS) is 27.9. The molecule has 1 aliphatic rings. The Hall–Kier alpha value is -2.41. The summed E-state index contributed by atoms with van der Waals surface area (Å²) in [7, 11) is 0. The van der Waals surface area contributed by atoms with E-state index in [-0.39, 0.29) is 12.8 Å². The Kier molecular flexibility index (Phi) is 8.63. The minimum Gasteiger partial charge on any atom is -0.462 e. The van der Waals surface area contributed by atoms with Gasteiger partial charge in [-0.2, -0.15) is 0 Å². The summed E-state index contributed by atoms with van der Waals surface area (Å²) in [5.74, 6) is -1.83. The summed E-state index contributed by atoms with van der Waals surface area (Å²) in [6.07, 6.45) is 4.78. The number of cyclic esters (lactones) is 1. The number of aliphatic hydroxyl groups is 1. The first-order valence-corrected chi connectivity index (χ1v) is 8.08. The molecule has 0 bridgehead atoms. The SMILES string of the molecule is CC=CC(=O)OC1C=CC(O)C(OC(=O)C=CC)CC(=O)OC(C)C1. The molecule has 0 radical (unpaired) electrons. The number of carbonyl (C=O) groups is 3. The second-order valence-electron chi connectivity index (χ2n) is 5.57. The van der Waals surface area contributed by atoms with E-state index in [1.165, 1.54) is 30.4 Å². The number of ether oxygens (including phenoxy) is 3. The lowest BCUT2D eigenvalue weighted by Crippen LogP contribution is -2.35. The third-order valence-corrected chi connectivity index (χ3v) is 3.31. The van der Waals surface area contributed by atoms with Crippen LogP contribution in [0.15, 0.2) is 36.5 Å². The van der Waals surface area contributed by atoms with E-state index in [0.29, 0.717) is 0 Å². The van der Waals surface area contributed by atoms with Gasteiger partial charge in [-0.15, -0.1) is 0 Å². The molecule has 0 spiro atoms. The maximum Gasteiger partial charge on any atom is 0.331 e. The van der Waals surface area contributed by atoms with Crippen molar-refractivity contribution in [1.82, 2.24) is 0 Å². The van der Waals surface area contributed by atoms with Crippen molar-refractivity contribution in [2.24, 2.45) is 0 Å². The van der Waals surface area contributed by atoms with Gasteiger partial charge in [0.2, 0.25) is 0 Å². The van der Waals surface area contributed by atoms with Crippen LogP contribution in [0.3, 0.4) is 0 Å². The topological polar surface area (TPSA) is 99.1 Å². The molecule has 1 rings (SSSR count). The number of carbonyl (C=O) groups excluding carboxylic acids is 3. The van der Waals surface area contributed by atoms with Gasteiger partial charge in [-0.1, -0.05) is 18.2 Å². The number of rotatable bonds is 4. The molecule has 1 aliphatic heterocycles. The molecule has 138 valence electrons. The van der Waals surface area contributed by atoms with Crippen LogP contribution >= 0.6 is 0 Å². The molecule has 0 aliphatic carbocycles. The Morgan fingerprint density at radius 2 is 1.76 bits per heavy atom. The highest BCUT2D eigenvalue weighted by molar-refractivity contribution is 5.82. The summed E-state index contributed by atoms with van der Waals surface area (Å²) < 4.78 is 15.5. The van der Waals surface area contributed by atoms with Crippen LogP contribution in [0.5, 0.6) is 0 Å². The van der Waals surface area contributed by atoms with Crippen molar-refractivity contribution in [1.29, 1.82) is 0 Å². The minimum absolute atomic E-state index is 0.251. The molecule has 0 aromatic rings. The van der Waals surface area contributed by atoms with Crippen LogP contribution in [-0.2, 0) is 28.6 Å². The summed E-state index contributed by atoms with van der Waals surface area (Å²) >= 11 is 0. The quantitative estimate of drug-likeness (QED) is 0.355. The molecule has 0 saturated carbocycles. The third-order valence-electron chi connectivity index (χ3n) is 3.31. The van der Waals surface area contributed by atoms with Crippen molar-refractivity contribution >= 4 is 17.9 Å². The van der Waals surface area contributed by atoms with E-state index in [9.17, 15) is 19.5 Å². The summed E-state index contributed by atoms with van der Waals surface area (Å²) in [6, 6.07) is 0. The number of allylic oxidation sites excluding steroid dienone is 2. The Balaban J connectivity index is 2.94. The fourth-order valence-electron chi connectivity index (χ4n) is 2.22. The maximum atomic E-state index is 12.0. The van der Waals surface area contributed by atoms with Gasteiger partial charge < -0.3 is 19.3 Å². The second kappa shape index (κ2) is 10.5. The Labute approximate surface area is 146 Å². The van der Waals surface area contributed by atoms with Crippen molar-refractivity contribution < 1.29 is 33.7 Å². The largest absolute Gasteiger partial charge is 0.462 e. The zero-order chi connectivity index (χ0) is 18.8. The monoisotopic (exact) mass is 352 g/mol. The number of hydrogen-bond donors (Lipinski definition) is 1. The first-order valence-electron chi connectivity index (χ1n) is 8.08. The molecule has 0 aromatic heterocycles. The van der Waals surface area contributed by atoms with Gasteiger partial charge >= 0.3 is 17.9 Å². The van der Waals surface area contributed by atoms with E-state index < -0.39 is 42.3 Å². The summed E-state index contributed by atoms with van der Waals surface area (Å²) in [5.41, 5.74) is 0. The van der Waals surface area contributed by atoms with Gasteiger partial charge in [0, 0.05) is 18.6 Å². The molecule has 0 fully saturated rings. The summed E-state index contributed by atoms with van der Waals surface area (Å²) in [5, 5.41) is 10.2.